The molecule has 0 spiro atoms. The maximum absolute atomic E-state index is 11.1. The summed E-state index contributed by atoms with van der Waals surface area (Å²) >= 11 is 4.99. The van der Waals surface area contributed by atoms with Gasteiger partial charge in [-0.05, 0) is 17.7 Å². The van der Waals surface area contributed by atoms with E-state index < -0.39 is 0 Å². The number of esters is 1. The first-order chi connectivity index (χ1) is 9.67. The van der Waals surface area contributed by atoms with Crippen LogP contribution in [0.3, 0.4) is 0 Å². The molecule has 6 heteroatoms. The van der Waals surface area contributed by atoms with Crippen LogP contribution in [0.1, 0.15) is 17.7 Å². The number of methoxy groups -OCH3 is 1. The van der Waals surface area contributed by atoms with Gasteiger partial charge in [0.1, 0.15) is 0 Å². The third-order valence-electron chi connectivity index (χ3n) is 2.70. The number of thiazole rings is 1. The molecule has 0 saturated heterocycles. The number of carbonyl (C=O) groups excluding carboxylic acids is 1. The topological polar surface area (TPSA) is 51.2 Å². The highest BCUT2D eigenvalue weighted by Crippen LogP contribution is 2.18. The Morgan fingerprint density at radius 3 is 3.10 bits per heavy atom. The third-order valence-corrected chi connectivity index (χ3v) is 4.04. The first-order valence-corrected chi connectivity index (χ1v) is 7.84. The van der Waals surface area contributed by atoms with Crippen molar-refractivity contribution in [2.75, 3.05) is 12.4 Å². The van der Waals surface area contributed by atoms with Crippen molar-refractivity contribution >= 4 is 38.4 Å². The number of benzene rings is 1. The summed E-state index contributed by atoms with van der Waals surface area (Å²) in [5.41, 5.74) is 2.10. The van der Waals surface area contributed by atoms with Gasteiger partial charge in [0.25, 0.3) is 0 Å². The molecule has 1 aromatic carbocycles. The highest BCUT2D eigenvalue weighted by molar-refractivity contribution is 9.10. The maximum Gasteiger partial charge on any atom is 0.305 e. The number of nitrogens with one attached hydrogen (secondary N) is 1. The normalized spacial score (nSPS) is 10.3. The summed E-state index contributed by atoms with van der Waals surface area (Å²) in [5.74, 6) is -0.207. The number of rotatable bonds is 6. The second-order valence-corrected chi connectivity index (χ2v) is 5.98. The number of hydrogen-bond donors (Lipinski definition) is 1. The van der Waals surface area contributed by atoms with E-state index in [0.717, 1.165) is 21.8 Å². The van der Waals surface area contributed by atoms with E-state index in [4.69, 9.17) is 0 Å². The van der Waals surface area contributed by atoms with Gasteiger partial charge in [0.05, 0.1) is 19.2 Å². The molecule has 0 fully saturated rings. The molecule has 20 heavy (non-hydrogen) atoms. The van der Waals surface area contributed by atoms with Crippen LogP contribution in [-0.4, -0.2) is 18.1 Å². The number of aryl methyl sites for hydroxylation is 1. The Bertz CT molecular complexity index is 586. The second-order valence-electron chi connectivity index (χ2n) is 4.20. The summed E-state index contributed by atoms with van der Waals surface area (Å²) < 4.78 is 5.68. The summed E-state index contributed by atoms with van der Waals surface area (Å²) in [6, 6.07) is 8.13. The van der Waals surface area contributed by atoms with Crippen LogP contribution in [0.25, 0.3) is 0 Å². The molecule has 0 saturated carbocycles. The Kier molecular flexibility index (Phi) is 5.55. The average Bonchev–Trinajstić information content (AvgIpc) is 2.90. The van der Waals surface area contributed by atoms with Crippen molar-refractivity contribution in [1.29, 1.82) is 0 Å². The minimum atomic E-state index is -0.207. The summed E-state index contributed by atoms with van der Waals surface area (Å²) in [6.07, 6.45) is 0.979. The number of carbonyl (C=O) groups is 1. The molecular weight excluding hydrogens is 340 g/mol. The molecule has 0 aliphatic carbocycles. The summed E-state index contributed by atoms with van der Waals surface area (Å²) in [6.45, 7) is 0.726. The standard InChI is InChI=1S/C14H15BrN2O2S/c1-19-13(18)6-5-12-9-20-14(17-12)16-8-10-3-2-4-11(15)7-10/h2-4,7,9H,5-6,8H2,1H3,(H,16,17). The fourth-order valence-electron chi connectivity index (χ4n) is 1.66. The van der Waals surface area contributed by atoms with Crippen LogP contribution in [0.15, 0.2) is 34.1 Å². The Labute approximate surface area is 130 Å². The molecule has 0 aliphatic rings. The number of nitrogens with zero attached hydrogens (tertiary/aromatic N) is 1. The van der Waals surface area contributed by atoms with Gasteiger partial charge in [0.15, 0.2) is 5.13 Å². The Morgan fingerprint density at radius 2 is 2.35 bits per heavy atom. The maximum atomic E-state index is 11.1. The average molecular weight is 355 g/mol. The van der Waals surface area contributed by atoms with Crippen molar-refractivity contribution in [2.24, 2.45) is 0 Å². The number of hydrogen-bond acceptors (Lipinski definition) is 5. The minimum Gasteiger partial charge on any atom is -0.469 e. The highest BCUT2D eigenvalue weighted by atomic mass is 79.9. The fourth-order valence-corrected chi connectivity index (χ4v) is 2.85. The van der Waals surface area contributed by atoms with Crippen LogP contribution in [0.4, 0.5) is 5.13 Å². The zero-order chi connectivity index (χ0) is 14.4. The summed E-state index contributed by atoms with van der Waals surface area (Å²) in [7, 11) is 1.40. The molecular formula is C14H15BrN2O2S. The first kappa shape index (κ1) is 15.0. The molecule has 0 aliphatic heterocycles. The molecule has 0 unspecified atom stereocenters. The zero-order valence-electron chi connectivity index (χ0n) is 11.1. The third kappa shape index (κ3) is 4.61. The van der Waals surface area contributed by atoms with Crippen LogP contribution >= 0.6 is 27.3 Å². The molecule has 106 valence electrons. The van der Waals surface area contributed by atoms with Gasteiger partial charge in [-0.3, -0.25) is 4.79 Å². The van der Waals surface area contributed by atoms with Crippen LogP contribution in [-0.2, 0) is 22.5 Å². The molecule has 0 bridgehead atoms. The van der Waals surface area contributed by atoms with Gasteiger partial charge < -0.3 is 10.1 Å². The van der Waals surface area contributed by atoms with E-state index in [2.05, 4.69) is 43.1 Å². The van der Waals surface area contributed by atoms with Crippen LogP contribution in [0.2, 0.25) is 0 Å². The molecule has 4 nitrogen and oxygen atoms in total. The second kappa shape index (κ2) is 7.40. The van der Waals surface area contributed by atoms with E-state index in [1.54, 1.807) is 11.3 Å². The Morgan fingerprint density at radius 1 is 1.50 bits per heavy atom. The van der Waals surface area contributed by atoms with E-state index in [1.807, 2.05) is 17.5 Å². The molecule has 2 rings (SSSR count). The number of halogens is 1. The van der Waals surface area contributed by atoms with Crippen LogP contribution < -0.4 is 5.32 Å². The van der Waals surface area contributed by atoms with E-state index >= 15 is 0 Å². The van der Waals surface area contributed by atoms with Crippen molar-refractivity contribution in [3.05, 3.63) is 45.4 Å². The van der Waals surface area contributed by atoms with Crippen LogP contribution in [0.5, 0.6) is 0 Å². The van der Waals surface area contributed by atoms with Crippen molar-refractivity contribution < 1.29 is 9.53 Å². The fraction of sp³-hybridized carbons (Fsp3) is 0.286. The van der Waals surface area contributed by atoms with E-state index in [9.17, 15) is 4.79 Å². The van der Waals surface area contributed by atoms with Gasteiger partial charge in [-0.2, -0.15) is 0 Å². The van der Waals surface area contributed by atoms with E-state index in [0.29, 0.717) is 12.8 Å². The van der Waals surface area contributed by atoms with Gasteiger partial charge in [-0.15, -0.1) is 11.3 Å². The molecule has 1 N–H and O–H groups in total. The van der Waals surface area contributed by atoms with Gasteiger partial charge in [0, 0.05) is 22.8 Å². The SMILES string of the molecule is COC(=O)CCc1csc(NCc2cccc(Br)c2)n1. The Balaban J connectivity index is 1.85. The van der Waals surface area contributed by atoms with Crippen molar-refractivity contribution in [3.63, 3.8) is 0 Å². The van der Waals surface area contributed by atoms with Crippen molar-refractivity contribution in [2.45, 2.75) is 19.4 Å². The van der Waals surface area contributed by atoms with Crippen molar-refractivity contribution in [1.82, 2.24) is 4.98 Å². The lowest BCUT2D eigenvalue weighted by atomic mass is 10.2. The van der Waals surface area contributed by atoms with Gasteiger partial charge >= 0.3 is 5.97 Å². The summed E-state index contributed by atoms with van der Waals surface area (Å²) in [4.78, 5) is 15.5. The van der Waals surface area contributed by atoms with Gasteiger partial charge in [-0.25, -0.2) is 4.98 Å². The van der Waals surface area contributed by atoms with Crippen molar-refractivity contribution in [3.8, 4) is 0 Å². The lowest BCUT2D eigenvalue weighted by molar-refractivity contribution is -0.140. The zero-order valence-corrected chi connectivity index (χ0v) is 13.5. The molecule has 0 atom stereocenters. The van der Waals surface area contributed by atoms with E-state index in [-0.39, 0.29) is 5.97 Å². The molecule has 1 heterocycles. The van der Waals surface area contributed by atoms with Crippen LogP contribution in [0, 0.1) is 0 Å². The molecule has 2 aromatic rings. The molecule has 0 radical (unpaired) electrons. The largest absolute Gasteiger partial charge is 0.469 e. The highest BCUT2D eigenvalue weighted by Gasteiger charge is 2.05. The first-order valence-electron chi connectivity index (χ1n) is 6.17. The predicted molar refractivity (Wildman–Crippen MR) is 83.9 cm³/mol. The lowest BCUT2D eigenvalue weighted by Gasteiger charge is -2.03. The predicted octanol–water partition coefficient (Wildman–Crippen LogP) is 3.62. The quantitative estimate of drug-likeness (QED) is 0.804. The number of ether oxygens (including phenoxy) is 1. The Hall–Kier alpha value is -1.40. The molecule has 0 amide bonds. The number of anilines is 1. The summed E-state index contributed by atoms with van der Waals surface area (Å²) in [5, 5.41) is 6.11. The van der Waals surface area contributed by atoms with Gasteiger partial charge in [0.2, 0.25) is 0 Å². The minimum absolute atomic E-state index is 0.207. The van der Waals surface area contributed by atoms with Gasteiger partial charge in [-0.1, -0.05) is 28.1 Å². The molecule has 1 aromatic heterocycles. The van der Waals surface area contributed by atoms with E-state index in [1.165, 1.54) is 12.7 Å². The number of aromatic nitrogens is 1. The lowest BCUT2D eigenvalue weighted by Crippen LogP contribution is -2.02. The monoisotopic (exact) mass is 354 g/mol. The smallest absolute Gasteiger partial charge is 0.305 e.